The number of carbonyl (C=O) groups excluding carboxylic acids is 1. The van der Waals surface area contributed by atoms with Crippen LogP contribution >= 0.6 is 0 Å². The van der Waals surface area contributed by atoms with Crippen molar-refractivity contribution < 1.29 is 13.9 Å². The summed E-state index contributed by atoms with van der Waals surface area (Å²) in [5.74, 6) is 0.234. The Morgan fingerprint density at radius 3 is 2.68 bits per heavy atom. The molecule has 2 aromatic carbocycles. The smallest absolute Gasteiger partial charge is 0.322 e. The molecule has 0 bridgehead atoms. The highest BCUT2D eigenvalue weighted by Gasteiger charge is 2.31. The molecule has 9 nitrogen and oxygen atoms in total. The van der Waals surface area contributed by atoms with Gasteiger partial charge in [-0.25, -0.2) is 19.3 Å². The molecule has 1 saturated heterocycles. The molecule has 0 aliphatic carbocycles. The summed E-state index contributed by atoms with van der Waals surface area (Å²) in [5.41, 5.74) is 2.77. The van der Waals surface area contributed by atoms with E-state index in [0.29, 0.717) is 41.7 Å². The Bertz CT molecular complexity index is 1440. The predicted octanol–water partition coefficient (Wildman–Crippen LogP) is 4.41. The van der Waals surface area contributed by atoms with E-state index < -0.39 is 5.82 Å². The molecule has 0 atom stereocenters. The highest BCUT2D eigenvalue weighted by atomic mass is 19.1. The largest absolute Gasteiger partial charge is 0.421 e. The number of aryl methyl sites for hydroxylation is 1. The lowest BCUT2D eigenvalue weighted by Crippen LogP contribution is -2.59. The number of ether oxygens (including phenoxy) is 1. The highest BCUT2D eigenvalue weighted by Crippen LogP contribution is 2.35. The van der Waals surface area contributed by atoms with E-state index in [1.165, 1.54) is 18.2 Å². The van der Waals surface area contributed by atoms with Crippen LogP contribution in [0.3, 0.4) is 0 Å². The first-order valence-corrected chi connectivity index (χ1v) is 11.6. The molecule has 186 valence electrons. The maximum absolute atomic E-state index is 15.1. The van der Waals surface area contributed by atoms with Crippen molar-refractivity contribution in [1.82, 2.24) is 25.3 Å². The van der Waals surface area contributed by atoms with Crippen LogP contribution < -0.4 is 20.3 Å². The first-order chi connectivity index (χ1) is 18.0. The topological polar surface area (TPSA) is 105 Å². The van der Waals surface area contributed by atoms with Crippen molar-refractivity contribution >= 4 is 23.4 Å². The van der Waals surface area contributed by atoms with Crippen LogP contribution in [0.2, 0.25) is 0 Å². The highest BCUT2D eigenvalue weighted by molar-refractivity contribution is 5.87. The fraction of sp³-hybridized carbons (Fsp3) is 0.148. The second-order valence-corrected chi connectivity index (χ2v) is 8.46. The zero-order valence-corrected chi connectivity index (χ0v) is 20.1. The number of hydrogen-bond acceptors (Lipinski definition) is 8. The number of amides is 1. The van der Waals surface area contributed by atoms with Gasteiger partial charge in [0, 0.05) is 42.4 Å². The minimum atomic E-state index is -0.570. The molecule has 10 heteroatoms. The van der Waals surface area contributed by atoms with E-state index in [1.54, 1.807) is 31.5 Å². The van der Waals surface area contributed by atoms with E-state index in [-0.39, 0.29) is 23.7 Å². The molecule has 2 N–H and O–H groups in total. The van der Waals surface area contributed by atoms with Crippen molar-refractivity contribution in [2.45, 2.75) is 13.0 Å². The fourth-order valence-electron chi connectivity index (χ4n) is 3.86. The summed E-state index contributed by atoms with van der Waals surface area (Å²) in [4.78, 5) is 31.0. The van der Waals surface area contributed by atoms with Crippen LogP contribution in [0.25, 0.3) is 11.1 Å². The first-order valence-electron chi connectivity index (χ1n) is 11.6. The molecule has 0 radical (unpaired) electrons. The van der Waals surface area contributed by atoms with Gasteiger partial charge in [-0.2, -0.15) is 4.98 Å². The molecular formula is C27H24FN7O2. The van der Waals surface area contributed by atoms with E-state index in [4.69, 9.17) is 9.72 Å². The van der Waals surface area contributed by atoms with Crippen LogP contribution in [-0.4, -0.2) is 45.0 Å². The maximum atomic E-state index is 15.1. The molecular weight excluding hydrogens is 473 g/mol. The van der Waals surface area contributed by atoms with Crippen molar-refractivity contribution in [3.8, 4) is 22.9 Å². The van der Waals surface area contributed by atoms with Gasteiger partial charge in [0.25, 0.3) is 0 Å². The van der Waals surface area contributed by atoms with Crippen LogP contribution in [0.4, 0.5) is 21.8 Å². The van der Waals surface area contributed by atoms with Gasteiger partial charge in [0.1, 0.15) is 5.82 Å². The molecule has 0 saturated carbocycles. The Morgan fingerprint density at radius 2 is 1.95 bits per heavy atom. The lowest BCUT2D eigenvalue weighted by atomic mass is 10.0. The number of carbonyl (C=O) groups is 1. The summed E-state index contributed by atoms with van der Waals surface area (Å²) < 4.78 is 20.6. The third-order valence-corrected chi connectivity index (χ3v) is 5.73. The number of halogens is 1. The minimum Gasteiger partial charge on any atom is -0.421 e. The van der Waals surface area contributed by atoms with E-state index in [9.17, 15) is 4.79 Å². The number of rotatable bonds is 8. The van der Waals surface area contributed by atoms with Crippen LogP contribution in [-0.2, 0) is 4.79 Å². The number of aromatic nitrogens is 4. The van der Waals surface area contributed by atoms with E-state index in [2.05, 4.69) is 32.2 Å². The monoisotopic (exact) mass is 497 g/mol. The quantitative estimate of drug-likeness (QED) is 0.345. The molecule has 0 spiro atoms. The number of para-hydroxylation sites is 1. The third kappa shape index (κ3) is 5.53. The van der Waals surface area contributed by atoms with Gasteiger partial charge in [-0.3, -0.25) is 4.79 Å². The van der Waals surface area contributed by atoms with Gasteiger partial charge in [-0.1, -0.05) is 30.8 Å². The van der Waals surface area contributed by atoms with Gasteiger partial charge < -0.3 is 20.3 Å². The fourth-order valence-corrected chi connectivity index (χ4v) is 3.86. The summed E-state index contributed by atoms with van der Waals surface area (Å²) in [5, 5.41) is 6.07. The van der Waals surface area contributed by atoms with Crippen molar-refractivity contribution in [1.29, 1.82) is 0 Å². The Morgan fingerprint density at radius 1 is 1.14 bits per heavy atom. The summed E-state index contributed by atoms with van der Waals surface area (Å²) >= 11 is 0. The number of anilines is 3. The summed E-state index contributed by atoms with van der Waals surface area (Å²) in [6, 6.07) is 16.0. The van der Waals surface area contributed by atoms with Crippen LogP contribution in [0, 0.1) is 12.7 Å². The number of hydrogen-bond donors (Lipinski definition) is 2. The van der Waals surface area contributed by atoms with E-state index in [0.717, 1.165) is 5.69 Å². The van der Waals surface area contributed by atoms with Gasteiger partial charge in [0.05, 0.1) is 6.04 Å². The molecule has 1 amide bonds. The molecule has 0 unspecified atom stereocenters. The normalized spacial score (nSPS) is 13.0. The lowest BCUT2D eigenvalue weighted by molar-refractivity contribution is -0.117. The minimum absolute atomic E-state index is 0.00957. The van der Waals surface area contributed by atoms with E-state index >= 15 is 4.39 Å². The average Bonchev–Trinajstić information content (AvgIpc) is 2.88. The first kappa shape index (κ1) is 23.9. The zero-order chi connectivity index (χ0) is 25.8. The van der Waals surface area contributed by atoms with Gasteiger partial charge in [-0.05, 0) is 48.9 Å². The van der Waals surface area contributed by atoms with E-state index in [1.807, 2.05) is 35.2 Å². The summed E-state index contributed by atoms with van der Waals surface area (Å²) in [7, 11) is 0. The third-order valence-electron chi connectivity index (χ3n) is 5.73. The summed E-state index contributed by atoms with van der Waals surface area (Å²) in [6.45, 7) is 6.38. The van der Waals surface area contributed by atoms with Crippen molar-refractivity contribution in [2.24, 2.45) is 0 Å². The van der Waals surface area contributed by atoms with Crippen molar-refractivity contribution in [3.05, 3.63) is 91.2 Å². The molecule has 1 aliphatic heterocycles. The Kier molecular flexibility index (Phi) is 6.71. The van der Waals surface area contributed by atoms with Gasteiger partial charge in [0.2, 0.25) is 11.9 Å². The molecule has 1 fully saturated rings. The number of nitrogens with one attached hydrogen (secondary N) is 2. The number of nitrogens with zero attached hydrogens (tertiary/aromatic N) is 5. The molecule has 4 aromatic rings. The molecule has 3 heterocycles. The lowest BCUT2D eigenvalue weighted by Gasteiger charge is -2.41. The van der Waals surface area contributed by atoms with Gasteiger partial charge in [0.15, 0.2) is 11.6 Å². The molecule has 2 aromatic heterocycles. The Hall–Kier alpha value is -4.86. The maximum Gasteiger partial charge on any atom is 0.322 e. The van der Waals surface area contributed by atoms with Crippen molar-refractivity contribution in [3.63, 3.8) is 0 Å². The second kappa shape index (κ2) is 10.4. The average molecular weight is 498 g/mol. The predicted molar refractivity (Wildman–Crippen MR) is 138 cm³/mol. The molecule has 37 heavy (non-hydrogen) atoms. The van der Waals surface area contributed by atoms with Crippen molar-refractivity contribution in [2.75, 3.05) is 23.3 Å². The summed E-state index contributed by atoms with van der Waals surface area (Å²) in [6.07, 6.45) is 4.45. The van der Waals surface area contributed by atoms with Gasteiger partial charge >= 0.3 is 6.01 Å². The van der Waals surface area contributed by atoms with Crippen LogP contribution in [0.1, 0.15) is 5.69 Å². The zero-order valence-electron chi connectivity index (χ0n) is 20.1. The van der Waals surface area contributed by atoms with Crippen LogP contribution in [0.15, 0.2) is 79.6 Å². The second-order valence-electron chi connectivity index (χ2n) is 8.46. The Labute approximate surface area is 213 Å². The SMILES string of the molecule is C=CC(=O)NC1CN(c2nc(Nc3ccccc3)ncc2-c2ccc(Oc3nccc(C)n3)c(F)c2)C1. The number of benzene rings is 2. The van der Waals surface area contributed by atoms with Crippen LogP contribution in [0.5, 0.6) is 11.8 Å². The molecule has 5 rings (SSSR count). The standard InChI is InChI=1S/C27H24FN7O2/c1-3-24(36)32-20-15-35(16-20)25-21(14-30-26(34-25)33-19-7-5-4-6-8-19)18-9-10-23(22(28)13-18)37-27-29-12-11-17(2)31-27/h3-14,20H,1,15-16H2,2H3,(H,32,36)(H,30,33,34). The molecule has 1 aliphatic rings. The van der Waals surface area contributed by atoms with Gasteiger partial charge in [-0.15, -0.1) is 0 Å². The Balaban J connectivity index is 1.43.